The molecule has 8 heteroatoms. The van der Waals surface area contributed by atoms with Crippen molar-refractivity contribution < 1.29 is 24.1 Å². The van der Waals surface area contributed by atoms with Crippen molar-refractivity contribution in [1.29, 1.82) is 0 Å². The molecule has 2 aliphatic rings. The number of nitrogens with one attached hydrogen (secondary N) is 2. The summed E-state index contributed by atoms with van der Waals surface area (Å²) in [5, 5.41) is 2.83. The smallest absolute Gasteiger partial charge is 0.338 e. The van der Waals surface area contributed by atoms with Crippen molar-refractivity contribution in [1.82, 2.24) is 15.1 Å². The lowest BCUT2D eigenvalue weighted by atomic mass is 10.1. The van der Waals surface area contributed by atoms with Crippen LogP contribution in [0.4, 0.5) is 4.79 Å². The first-order valence-electron chi connectivity index (χ1n) is 8.41. The Labute approximate surface area is 142 Å². The number of rotatable bonds is 5. The molecule has 1 saturated heterocycles. The Balaban J connectivity index is 1.96. The molecule has 1 saturated carbocycles. The van der Waals surface area contributed by atoms with Gasteiger partial charge in [0.1, 0.15) is 0 Å². The second kappa shape index (κ2) is 6.88. The van der Waals surface area contributed by atoms with Crippen molar-refractivity contribution >= 4 is 23.8 Å². The van der Waals surface area contributed by atoms with Gasteiger partial charge in [-0.25, -0.2) is 9.69 Å². The minimum atomic E-state index is -0.789. The van der Waals surface area contributed by atoms with Gasteiger partial charge in [-0.1, -0.05) is 12.8 Å². The van der Waals surface area contributed by atoms with Gasteiger partial charge in [-0.2, -0.15) is 0 Å². The standard InChI is InChI=1S/C16H26N4O4/c1-16(2,3)17-12(21)9-18(4)10-19-13(22)14(23)20(15(19)24)11-7-5-6-8-11/h11H,5-10H2,1-4H3,(H,17,21)/p+1. The first-order chi connectivity index (χ1) is 11.1. The molecular weight excluding hydrogens is 312 g/mol. The molecule has 1 aliphatic heterocycles. The van der Waals surface area contributed by atoms with E-state index in [4.69, 9.17) is 0 Å². The highest BCUT2D eigenvalue weighted by molar-refractivity contribution is 6.44. The van der Waals surface area contributed by atoms with E-state index in [9.17, 15) is 19.2 Å². The maximum Gasteiger partial charge on any atom is 0.338 e. The number of hydrogen-bond acceptors (Lipinski definition) is 4. The molecule has 134 valence electrons. The Bertz CT molecular complexity index is 549. The summed E-state index contributed by atoms with van der Waals surface area (Å²) in [7, 11) is 1.71. The van der Waals surface area contributed by atoms with Gasteiger partial charge in [0, 0.05) is 11.6 Å². The molecule has 0 aromatic rings. The molecule has 0 aromatic carbocycles. The third kappa shape index (κ3) is 4.11. The number of hydrogen-bond donors (Lipinski definition) is 2. The monoisotopic (exact) mass is 339 g/mol. The lowest BCUT2D eigenvalue weighted by Crippen LogP contribution is -3.12. The van der Waals surface area contributed by atoms with Crippen LogP contribution >= 0.6 is 0 Å². The van der Waals surface area contributed by atoms with Crippen LogP contribution in [0.5, 0.6) is 0 Å². The summed E-state index contributed by atoms with van der Waals surface area (Å²) in [5.41, 5.74) is -0.341. The normalized spacial score (nSPS) is 20.9. The van der Waals surface area contributed by atoms with Crippen molar-refractivity contribution in [3.05, 3.63) is 0 Å². The van der Waals surface area contributed by atoms with Gasteiger partial charge in [-0.05, 0) is 33.6 Å². The van der Waals surface area contributed by atoms with Crippen molar-refractivity contribution in [3.63, 3.8) is 0 Å². The fourth-order valence-corrected chi connectivity index (χ4v) is 3.21. The third-order valence-electron chi connectivity index (χ3n) is 4.18. The van der Waals surface area contributed by atoms with Crippen molar-refractivity contribution in [2.45, 2.75) is 58.0 Å². The molecule has 0 aromatic heterocycles. The number of carbonyl (C=O) groups is 4. The van der Waals surface area contributed by atoms with Crippen molar-refractivity contribution in [2.75, 3.05) is 20.3 Å². The lowest BCUT2D eigenvalue weighted by molar-refractivity contribution is -0.879. The number of likely N-dealkylation sites (N-methyl/N-ethyl adjacent to an activating group) is 1. The zero-order valence-corrected chi connectivity index (χ0v) is 14.8. The molecule has 2 N–H and O–H groups in total. The van der Waals surface area contributed by atoms with Crippen LogP contribution in [0.15, 0.2) is 0 Å². The quantitative estimate of drug-likeness (QED) is 0.502. The molecule has 5 amide bonds. The lowest BCUT2D eigenvalue weighted by Gasteiger charge is -2.24. The second-order valence-electron chi connectivity index (χ2n) is 7.72. The zero-order chi connectivity index (χ0) is 18.1. The number of quaternary nitrogens is 1. The fraction of sp³-hybridized carbons (Fsp3) is 0.750. The van der Waals surface area contributed by atoms with Gasteiger partial charge in [0.2, 0.25) is 0 Å². The molecule has 1 aliphatic carbocycles. The Hall–Kier alpha value is -1.96. The molecule has 1 unspecified atom stereocenters. The third-order valence-corrected chi connectivity index (χ3v) is 4.18. The summed E-state index contributed by atoms with van der Waals surface area (Å²) in [6, 6.07) is -0.712. The molecule has 0 bridgehead atoms. The van der Waals surface area contributed by atoms with Gasteiger partial charge in [0.25, 0.3) is 5.91 Å². The first-order valence-corrected chi connectivity index (χ1v) is 8.41. The SMILES string of the molecule is C[NH+](CC(=O)NC(C)(C)C)CN1C(=O)C(=O)N(C2CCCC2)C1=O. The van der Waals surface area contributed by atoms with E-state index in [0.717, 1.165) is 35.5 Å². The maximum atomic E-state index is 12.5. The van der Waals surface area contributed by atoms with Crippen LogP contribution < -0.4 is 10.2 Å². The minimum Gasteiger partial charge on any atom is -0.347 e. The van der Waals surface area contributed by atoms with E-state index in [2.05, 4.69) is 5.32 Å². The summed E-state index contributed by atoms with van der Waals surface area (Å²) in [4.78, 5) is 51.4. The Morgan fingerprint density at radius 2 is 1.75 bits per heavy atom. The zero-order valence-electron chi connectivity index (χ0n) is 14.8. The number of imide groups is 2. The molecule has 1 heterocycles. The van der Waals surface area contributed by atoms with E-state index in [1.165, 1.54) is 0 Å². The van der Waals surface area contributed by atoms with Gasteiger partial charge in [0.15, 0.2) is 13.2 Å². The van der Waals surface area contributed by atoms with Crippen LogP contribution in [0.2, 0.25) is 0 Å². The average Bonchev–Trinajstić information content (AvgIpc) is 3.01. The molecular formula is C16H27N4O4+. The summed E-state index contributed by atoms with van der Waals surface area (Å²) in [6.45, 7) is 5.76. The predicted octanol–water partition coefficient (Wildman–Crippen LogP) is -0.893. The molecule has 1 atom stereocenters. The van der Waals surface area contributed by atoms with Gasteiger partial charge < -0.3 is 10.2 Å². The van der Waals surface area contributed by atoms with Crippen molar-refractivity contribution in [2.24, 2.45) is 0 Å². The largest absolute Gasteiger partial charge is 0.347 e. The van der Waals surface area contributed by atoms with E-state index in [0.29, 0.717) is 4.90 Å². The van der Waals surface area contributed by atoms with Crippen molar-refractivity contribution in [3.8, 4) is 0 Å². The molecule has 2 fully saturated rings. The van der Waals surface area contributed by atoms with Crippen LogP contribution in [-0.4, -0.2) is 65.4 Å². The average molecular weight is 339 g/mol. The highest BCUT2D eigenvalue weighted by Gasteiger charge is 2.49. The maximum absolute atomic E-state index is 12.5. The van der Waals surface area contributed by atoms with Gasteiger partial charge >= 0.3 is 17.8 Å². The van der Waals surface area contributed by atoms with Crippen LogP contribution in [-0.2, 0) is 14.4 Å². The van der Waals surface area contributed by atoms with E-state index in [1.54, 1.807) is 7.05 Å². The minimum absolute atomic E-state index is 0.00416. The van der Waals surface area contributed by atoms with Crippen LogP contribution in [0.1, 0.15) is 46.5 Å². The van der Waals surface area contributed by atoms with Crippen LogP contribution in [0, 0.1) is 0 Å². The van der Waals surface area contributed by atoms with E-state index < -0.39 is 17.8 Å². The first kappa shape index (κ1) is 18.4. The molecule has 0 radical (unpaired) electrons. The number of urea groups is 1. The number of nitrogens with zero attached hydrogens (tertiary/aromatic N) is 2. The number of carbonyl (C=O) groups excluding carboxylic acids is 4. The van der Waals surface area contributed by atoms with Crippen LogP contribution in [0.3, 0.4) is 0 Å². The highest BCUT2D eigenvalue weighted by Crippen LogP contribution is 2.27. The van der Waals surface area contributed by atoms with Gasteiger partial charge in [-0.15, -0.1) is 0 Å². The van der Waals surface area contributed by atoms with E-state index >= 15 is 0 Å². The van der Waals surface area contributed by atoms with E-state index in [1.807, 2.05) is 20.8 Å². The molecule has 2 rings (SSSR count). The predicted molar refractivity (Wildman–Crippen MR) is 85.9 cm³/mol. The van der Waals surface area contributed by atoms with Gasteiger partial charge in [-0.3, -0.25) is 19.3 Å². The Kier molecular flexibility index (Phi) is 5.27. The molecule has 8 nitrogen and oxygen atoms in total. The fourth-order valence-electron chi connectivity index (χ4n) is 3.21. The summed E-state index contributed by atoms with van der Waals surface area (Å²) in [5.74, 6) is -1.70. The van der Waals surface area contributed by atoms with Crippen LogP contribution in [0.25, 0.3) is 0 Å². The number of amides is 5. The topological polar surface area (TPSA) is 91.2 Å². The summed E-state index contributed by atoms with van der Waals surface area (Å²) < 4.78 is 0. The second-order valence-corrected chi connectivity index (χ2v) is 7.72. The summed E-state index contributed by atoms with van der Waals surface area (Å²) >= 11 is 0. The highest BCUT2D eigenvalue weighted by atomic mass is 16.2. The Morgan fingerprint density at radius 3 is 2.29 bits per heavy atom. The summed E-state index contributed by atoms with van der Waals surface area (Å²) in [6.07, 6.45) is 3.45. The Morgan fingerprint density at radius 1 is 1.17 bits per heavy atom. The molecule has 24 heavy (non-hydrogen) atoms. The molecule has 0 spiro atoms. The van der Waals surface area contributed by atoms with E-state index in [-0.39, 0.29) is 30.7 Å². The van der Waals surface area contributed by atoms with Gasteiger partial charge in [0.05, 0.1) is 7.05 Å².